The first-order valence-corrected chi connectivity index (χ1v) is 13.8. The first kappa shape index (κ1) is 25.4. The van der Waals surface area contributed by atoms with Gasteiger partial charge in [0.15, 0.2) is 8.32 Å². The first-order chi connectivity index (χ1) is 14.1. The number of carbonyl (C=O) groups is 1. The van der Waals surface area contributed by atoms with Crippen LogP contribution in [-0.2, 0) is 15.6 Å². The highest BCUT2D eigenvalue weighted by Crippen LogP contribution is 2.38. The molecule has 1 heterocycles. The molecule has 0 aliphatic carbocycles. The maximum absolute atomic E-state index is 12.6. The molecule has 2 atom stereocenters. The van der Waals surface area contributed by atoms with Gasteiger partial charge in [-0.2, -0.15) is 0 Å². The SMILES string of the molecule is C/C(=C/Cc1cccc2c1C(=O)OC(C)(C)O2)[C@H](/C=C/C(C)O)O[Si](C)(C)C(C)(C)C. The molecule has 1 aromatic carbocycles. The molecule has 1 aliphatic heterocycles. The van der Waals surface area contributed by atoms with E-state index in [4.69, 9.17) is 13.9 Å². The molecule has 0 amide bonds. The molecule has 0 radical (unpaired) electrons. The quantitative estimate of drug-likeness (QED) is 0.326. The lowest BCUT2D eigenvalue weighted by Gasteiger charge is -2.39. The summed E-state index contributed by atoms with van der Waals surface area (Å²) in [5, 5.41) is 9.80. The fraction of sp³-hybridized carbons (Fsp3) is 0.560. The van der Waals surface area contributed by atoms with Crippen LogP contribution in [0.4, 0.5) is 0 Å². The van der Waals surface area contributed by atoms with E-state index in [1.165, 1.54) is 0 Å². The third kappa shape index (κ3) is 6.54. The van der Waals surface area contributed by atoms with Gasteiger partial charge in [0.2, 0.25) is 5.79 Å². The van der Waals surface area contributed by atoms with Gasteiger partial charge in [-0.1, -0.05) is 51.1 Å². The lowest BCUT2D eigenvalue weighted by Crippen LogP contribution is -2.43. The lowest BCUT2D eigenvalue weighted by molar-refractivity contribution is -0.127. The van der Waals surface area contributed by atoms with Crippen LogP contribution < -0.4 is 4.74 Å². The highest BCUT2D eigenvalue weighted by Gasteiger charge is 2.39. The maximum atomic E-state index is 12.6. The van der Waals surface area contributed by atoms with Crippen LogP contribution in [0.3, 0.4) is 0 Å². The van der Waals surface area contributed by atoms with Gasteiger partial charge in [-0.3, -0.25) is 0 Å². The summed E-state index contributed by atoms with van der Waals surface area (Å²) in [7, 11) is -2.03. The van der Waals surface area contributed by atoms with E-state index in [0.717, 1.165) is 11.1 Å². The fourth-order valence-corrected chi connectivity index (χ4v) is 4.30. The van der Waals surface area contributed by atoms with E-state index in [2.05, 4.69) is 39.9 Å². The summed E-state index contributed by atoms with van der Waals surface area (Å²) in [5.74, 6) is -0.786. The summed E-state index contributed by atoms with van der Waals surface area (Å²) >= 11 is 0. The van der Waals surface area contributed by atoms with Gasteiger partial charge in [0, 0.05) is 13.8 Å². The van der Waals surface area contributed by atoms with Gasteiger partial charge in [-0.25, -0.2) is 4.79 Å². The highest BCUT2D eigenvalue weighted by molar-refractivity contribution is 6.74. The van der Waals surface area contributed by atoms with E-state index in [9.17, 15) is 9.90 Å². The molecule has 0 saturated heterocycles. The van der Waals surface area contributed by atoms with Crippen LogP contribution in [0.1, 0.15) is 64.4 Å². The molecule has 31 heavy (non-hydrogen) atoms. The molecule has 0 spiro atoms. The summed E-state index contributed by atoms with van der Waals surface area (Å²) in [5.41, 5.74) is 2.36. The number of allylic oxidation sites excluding steroid dienone is 1. The number of rotatable bonds is 7. The number of ether oxygens (including phenoxy) is 2. The average molecular weight is 447 g/mol. The number of aliphatic hydroxyl groups is 1. The van der Waals surface area contributed by atoms with Crippen LogP contribution in [0, 0.1) is 0 Å². The molecule has 5 nitrogen and oxygen atoms in total. The van der Waals surface area contributed by atoms with Crippen LogP contribution >= 0.6 is 0 Å². The second-order valence-electron chi connectivity index (χ2n) is 10.3. The summed E-state index contributed by atoms with van der Waals surface area (Å²) in [4.78, 5) is 12.6. The summed E-state index contributed by atoms with van der Waals surface area (Å²) < 4.78 is 17.9. The number of aliphatic hydroxyl groups excluding tert-OH is 1. The van der Waals surface area contributed by atoms with Gasteiger partial charge in [0.05, 0.1) is 12.2 Å². The number of cyclic esters (lactones) is 1. The molecule has 0 bridgehead atoms. The van der Waals surface area contributed by atoms with Crippen molar-refractivity contribution >= 4 is 14.3 Å². The van der Waals surface area contributed by atoms with Crippen LogP contribution in [0.2, 0.25) is 18.1 Å². The van der Waals surface area contributed by atoms with E-state index in [1.54, 1.807) is 32.9 Å². The molecule has 172 valence electrons. The van der Waals surface area contributed by atoms with Crippen molar-refractivity contribution in [1.29, 1.82) is 0 Å². The Bertz CT molecular complexity index is 859. The molecular weight excluding hydrogens is 408 g/mol. The summed E-state index contributed by atoms with van der Waals surface area (Å²) in [6, 6.07) is 5.61. The highest BCUT2D eigenvalue weighted by atomic mass is 28.4. The monoisotopic (exact) mass is 446 g/mol. The third-order valence-electron chi connectivity index (χ3n) is 5.90. The van der Waals surface area contributed by atoms with E-state index < -0.39 is 20.2 Å². The van der Waals surface area contributed by atoms with Crippen molar-refractivity contribution in [2.75, 3.05) is 0 Å². The zero-order chi connectivity index (χ0) is 23.6. The molecular formula is C25H38O5Si. The first-order valence-electron chi connectivity index (χ1n) is 10.9. The molecule has 1 aliphatic rings. The van der Waals surface area contributed by atoms with Crippen molar-refractivity contribution < 1.29 is 23.8 Å². The predicted molar refractivity (Wildman–Crippen MR) is 127 cm³/mol. The molecule has 2 rings (SSSR count). The van der Waals surface area contributed by atoms with Gasteiger partial charge < -0.3 is 19.0 Å². The average Bonchev–Trinajstić information content (AvgIpc) is 2.60. The predicted octanol–water partition coefficient (Wildman–Crippen LogP) is 5.79. The van der Waals surface area contributed by atoms with Crippen molar-refractivity contribution in [1.82, 2.24) is 0 Å². The second-order valence-corrected chi connectivity index (χ2v) is 15.0. The smallest absolute Gasteiger partial charge is 0.345 e. The van der Waals surface area contributed by atoms with Crippen molar-refractivity contribution in [3.8, 4) is 5.75 Å². The van der Waals surface area contributed by atoms with Crippen molar-refractivity contribution in [2.24, 2.45) is 0 Å². The standard InChI is InChI=1S/C25H38O5Si/c1-17(20(16-14-18(2)26)30-31(8,9)24(3,4)5)13-15-19-11-10-12-21-22(19)23(27)29-25(6,7)28-21/h10-14,16,18,20,26H,15H2,1-9H3/b16-14+,17-13-/t18?,20-/m0/s1. The van der Waals surface area contributed by atoms with Crippen LogP contribution in [-0.4, -0.2) is 37.4 Å². The Labute approximate surface area is 188 Å². The number of fused-ring (bicyclic) bond motifs is 1. The largest absolute Gasteiger partial charge is 0.452 e. The number of benzene rings is 1. The Hall–Kier alpha value is -1.89. The minimum absolute atomic E-state index is 0.0661. The fourth-order valence-electron chi connectivity index (χ4n) is 3.05. The Kier molecular flexibility index (Phi) is 7.62. The van der Waals surface area contributed by atoms with Crippen LogP contribution in [0.5, 0.6) is 5.75 Å². The summed E-state index contributed by atoms with van der Waals surface area (Å²) in [6.45, 7) is 18.2. The maximum Gasteiger partial charge on any atom is 0.345 e. The third-order valence-corrected chi connectivity index (χ3v) is 10.4. The normalized spacial score (nSPS) is 18.9. The van der Waals surface area contributed by atoms with Crippen molar-refractivity contribution in [3.63, 3.8) is 0 Å². The lowest BCUT2D eigenvalue weighted by atomic mass is 10.00. The van der Waals surface area contributed by atoms with E-state index in [1.807, 2.05) is 25.1 Å². The number of hydrogen-bond acceptors (Lipinski definition) is 5. The number of hydrogen-bond donors (Lipinski definition) is 1. The Morgan fingerprint density at radius 3 is 2.45 bits per heavy atom. The molecule has 0 aromatic heterocycles. The van der Waals surface area contributed by atoms with Gasteiger partial charge >= 0.3 is 5.97 Å². The topological polar surface area (TPSA) is 65.0 Å². The van der Waals surface area contributed by atoms with Crippen LogP contribution in [0.25, 0.3) is 0 Å². The second kappa shape index (κ2) is 9.31. The Morgan fingerprint density at radius 2 is 1.87 bits per heavy atom. The number of carbonyl (C=O) groups excluding carboxylic acids is 1. The van der Waals surface area contributed by atoms with Gasteiger partial charge in [-0.15, -0.1) is 0 Å². The molecule has 1 unspecified atom stereocenters. The number of esters is 1. The van der Waals surface area contributed by atoms with Crippen molar-refractivity contribution in [2.45, 2.75) is 91.0 Å². The van der Waals surface area contributed by atoms with Crippen molar-refractivity contribution in [3.05, 3.63) is 53.1 Å². The minimum Gasteiger partial charge on any atom is -0.452 e. The van der Waals surface area contributed by atoms with E-state index in [-0.39, 0.29) is 17.1 Å². The van der Waals surface area contributed by atoms with Crippen LogP contribution in [0.15, 0.2) is 42.0 Å². The van der Waals surface area contributed by atoms with E-state index in [0.29, 0.717) is 17.7 Å². The molecule has 0 saturated carbocycles. The van der Waals surface area contributed by atoms with Gasteiger partial charge in [0.1, 0.15) is 11.3 Å². The van der Waals surface area contributed by atoms with Gasteiger partial charge in [-0.05, 0) is 55.6 Å². The minimum atomic E-state index is -2.03. The molecule has 1 aromatic rings. The Balaban J connectivity index is 2.32. The zero-order valence-corrected chi connectivity index (χ0v) is 21.4. The van der Waals surface area contributed by atoms with E-state index >= 15 is 0 Å². The Morgan fingerprint density at radius 1 is 1.23 bits per heavy atom. The molecule has 0 fully saturated rings. The zero-order valence-electron chi connectivity index (χ0n) is 20.4. The molecule has 6 heteroatoms. The molecule has 1 N–H and O–H groups in total. The summed E-state index contributed by atoms with van der Waals surface area (Å²) in [6.07, 6.45) is 5.53. The van der Waals surface area contributed by atoms with Gasteiger partial charge in [0.25, 0.3) is 0 Å².